The van der Waals surface area contributed by atoms with Crippen molar-refractivity contribution in [2.45, 2.75) is 128 Å². The van der Waals surface area contributed by atoms with Crippen LogP contribution in [0.15, 0.2) is 17.3 Å². The number of unbranched alkanes of at least 4 members (excludes halogenated alkanes) is 1. The van der Waals surface area contributed by atoms with Crippen LogP contribution in [0.3, 0.4) is 0 Å². The van der Waals surface area contributed by atoms with Gasteiger partial charge in [-0.2, -0.15) is 8.42 Å². The van der Waals surface area contributed by atoms with Gasteiger partial charge in [-0.1, -0.05) is 60.1 Å². The van der Waals surface area contributed by atoms with Crippen LogP contribution in [0.25, 0.3) is 0 Å². The highest BCUT2D eigenvalue weighted by Crippen LogP contribution is 2.52. The molecule has 218 valence electrons. The Labute approximate surface area is 231 Å². The van der Waals surface area contributed by atoms with Crippen molar-refractivity contribution in [2.24, 2.45) is 5.73 Å². The van der Waals surface area contributed by atoms with Crippen molar-refractivity contribution >= 4 is 26.8 Å². The average molecular weight is 589 g/mol. The Morgan fingerprint density at radius 3 is 2.21 bits per heavy atom. The fourth-order valence-corrected chi connectivity index (χ4v) is 7.62. The number of hydrogen-bond acceptors (Lipinski definition) is 9. The molecule has 1 fully saturated rings. The first kappa shape index (κ1) is 31.4. The minimum Gasteiger partial charge on any atom is -0.414 e. The number of nitrogens with zero attached hydrogens (tertiary/aromatic N) is 3. The van der Waals surface area contributed by atoms with Crippen molar-refractivity contribution in [3.05, 3.63) is 23.0 Å². The molecule has 2 unspecified atom stereocenters. The lowest BCUT2D eigenvalue weighted by Crippen LogP contribution is -2.59. The highest BCUT2D eigenvalue weighted by Gasteiger charge is 2.67. The SMILES string of the molecule is CCCCc1cn([C@@H]2OC(CO[Si](C)(C)C(C)(C)C)C3(OS(=O)(=O)C=C3N)[C@H]2O[Si](C)(C)C(C)(C)C)nn1. The van der Waals surface area contributed by atoms with Gasteiger partial charge in [-0.25, -0.2) is 8.86 Å². The molecule has 4 atom stereocenters. The zero-order valence-corrected chi connectivity index (χ0v) is 27.8. The van der Waals surface area contributed by atoms with E-state index in [9.17, 15) is 8.42 Å². The number of rotatable bonds is 9. The third kappa shape index (κ3) is 5.98. The van der Waals surface area contributed by atoms with Gasteiger partial charge in [-0.05, 0) is 49.1 Å². The van der Waals surface area contributed by atoms with Gasteiger partial charge >= 0.3 is 0 Å². The fourth-order valence-electron chi connectivity index (χ4n) is 4.11. The maximum absolute atomic E-state index is 12.8. The van der Waals surface area contributed by atoms with Crippen molar-refractivity contribution in [1.29, 1.82) is 0 Å². The number of nitrogens with two attached hydrogens (primary N) is 1. The molecule has 3 rings (SSSR count). The average Bonchev–Trinajstić information content (AvgIpc) is 3.39. The summed E-state index contributed by atoms with van der Waals surface area (Å²) in [4.78, 5) is 0. The predicted molar refractivity (Wildman–Crippen MR) is 153 cm³/mol. The molecule has 0 bridgehead atoms. The molecule has 1 aromatic heterocycles. The topological polar surface area (TPSA) is 128 Å². The van der Waals surface area contributed by atoms with Crippen molar-refractivity contribution in [3.63, 3.8) is 0 Å². The zero-order chi connectivity index (χ0) is 28.9. The van der Waals surface area contributed by atoms with Gasteiger partial charge in [0.15, 0.2) is 28.5 Å². The van der Waals surface area contributed by atoms with Crippen LogP contribution in [0, 0.1) is 0 Å². The van der Waals surface area contributed by atoms with Gasteiger partial charge in [0.25, 0.3) is 10.1 Å². The minimum atomic E-state index is -4.06. The molecule has 1 spiro atoms. The smallest absolute Gasteiger partial charge is 0.292 e. The summed E-state index contributed by atoms with van der Waals surface area (Å²) < 4.78 is 53.2. The second-order valence-corrected chi connectivity index (χ2v) is 24.6. The third-order valence-electron chi connectivity index (χ3n) is 8.67. The van der Waals surface area contributed by atoms with E-state index >= 15 is 0 Å². The second kappa shape index (κ2) is 10.4. The molecular formula is C25H48N4O6SSi2. The summed E-state index contributed by atoms with van der Waals surface area (Å²) in [6.07, 6.45) is 2.12. The highest BCUT2D eigenvalue weighted by atomic mass is 32.2. The zero-order valence-electron chi connectivity index (χ0n) is 25.0. The maximum Gasteiger partial charge on any atom is 0.292 e. The molecule has 0 aliphatic carbocycles. The summed E-state index contributed by atoms with van der Waals surface area (Å²) in [6.45, 7) is 23.5. The van der Waals surface area contributed by atoms with Crippen LogP contribution < -0.4 is 5.73 Å². The molecule has 2 N–H and O–H groups in total. The first-order valence-corrected chi connectivity index (χ1v) is 20.8. The van der Waals surface area contributed by atoms with Crippen molar-refractivity contribution in [2.75, 3.05) is 6.61 Å². The molecule has 0 amide bonds. The lowest BCUT2D eigenvalue weighted by molar-refractivity contribution is -0.0595. The van der Waals surface area contributed by atoms with E-state index in [4.69, 9.17) is 23.5 Å². The normalized spacial score (nSPS) is 28.3. The number of aromatic nitrogens is 3. The van der Waals surface area contributed by atoms with E-state index in [0.717, 1.165) is 30.4 Å². The Hall–Kier alpha value is -1.10. The van der Waals surface area contributed by atoms with E-state index in [1.807, 2.05) is 6.20 Å². The van der Waals surface area contributed by atoms with Crippen LogP contribution in [0.2, 0.25) is 36.3 Å². The molecule has 1 aromatic rings. The van der Waals surface area contributed by atoms with Gasteiger partial charge in [0.05, 0.1) is 29.6 Å². The molecular weight excluding hydrogens is 541 g/mol. The first-order valence-electron chi connectivity index (χ1n) is 13.5. The molecule has 38 heavy (non-hydrogen) atoms. The largest absolute Gasteiger partial charge is 0.414 e. The predicted octanol–water partition coefficient (Wildman–Crippen LogP) is 4.83. The molecule has 2 aliphatic rings. The van der Waals surface area contributed by atoms with E-state index in [1.165, 1.54) is 0 Å². The summed E-state index contributed by atoms with van der Waals surface area (Å²) >= 11 is 0. The van der Waals surface area contributed by atoms with E-state index in [0.29, 0.717) is 0 Å². The molecule has 0 aromatic carbocycles. The molecule has 13 heteroatoms. The molecule has 1 saturated heterocycles. The standard InChI is InChI=1S/C25H48N4O6SSi2/c1-12-13-14-18-15-29(28-27-18)22-21(34-38(10,11)24(5,6)7)25(19(26)17-36(30,31)35-25)20(33-22)16-32-37(8,9)23(2,3)4/h15,17,20-22H,12-14,16,26H2,1-11H3/t20?,21-,22+,25?/m0/s1. The van der Waals surface area contributed by atoms with Crippen molar-refractivity contribution in [1.82, 2.24) is 15.0 Å². The third-order valence-corrected chi connectivity index (χ3v) is 18.7. The molecule has 10 nitrogen and oxygen atoms in total. The molecule has 0 saturated carbocycles. The monoisotopic (exact) mass is 588 g/mol. The lowest BCUT2D eigenvalue weighted by Gasteiger charge is -2.43. The summed E-state index contributed by atoms with van der Waals surface area (Å²) in [5.74, 6) is 0. The quantitative estimate of drug-likeness (QED) is 0.319. The van der Waals surface area contributed by atoms with Gasteiger partial charge in [0.2, 0.25) is 0 Å². The van der Waals surface area contributed by atoms with E-state index in [1.54, 1.807) is 4.68 Å². The maximum atomic E-state index is 12.8. The van der Waals surface area contributed by atoms with Gasteiger partial charge in [-0.15, -0.1) is 5.10 Å². The van der Waals surface area contributed by atoms with E-state index in [-0.39, 0.29) is 22.4 Å². The van der Waals surface area contributed by atoms with E-state index < -0.39 is 50.8 Å². The van der Waals surface area contributed by atoms with Crippen LogP contribution in [-0.4, -0.2) is 64.5 Å². The summed E-state index contributed by atoms with van der Waals surface area (Å²) in [6, 6.07) is 0. The first-order chi connectivity index (χ1) is 17.2. The van der Waals surface area contributed by atoms with Crippen molar-refractivity contribution < 1.29 is 26.2 Å². The second-order valence-electron chi connectivity index (χ2n) is 13.6. The van der Waals surface area contributed by atoms with Crippen LogP contribution in [0.5, 0.6) is 0 Å². The van der Waals surface area contributed by atoms with Gasteiger partial charge in [0.1, 0.15) is 12.2 Å². The molecule has 3 heterocycles. The Kier molecular flexibility index (Phi) is 8.59. The minimum absolute atomic E-state index is 0.0545. The Balaban J connectivity index is 2.12. The Morgan fingerprint density at radius 1 is 1.11 bits per heavy atom. The van der Waals surface area contributed by atoms with Crippen molar-refractivity contribution in [3.8, 4) is 0 Å². The van der Waals surface area contributed by atoms with Gasteiger partial charge in [-0.3, -0.25) is 0 Å². The molecule has 0 radical (unpaired) electrons. The summed E-state index contributed by atoms with van der Waals surface area (Å²) in [5, 5.41) is 9.47. The van der Waals surface area contributed by atoms with Crippen LogP contribution in [-0.2, 0) is 34.3 Å². The number of hydrogen-bond donors (Lipinski definition) is 1. The van der Waals surface area contributed by atoms with Crippen LogP contribution >= 0.6 is 0 Å². The van der Waals surface area contributed by atoms with Gasteiger partial charge in [0, 0.05) is 0 Å². The Bertz CT molecular complexity index is 1140. The molecule has 2 aliphatic heterocycles. The van der Waals surface area contributed by atoms with Crippen LogP contribution in [0.1, 0.15) is 73.2 Å². The number of ether oxygens (including phenoxy) is 1. The number of aryl methyl sites for hydroxylation is 1. The van der Waals surface area contributed by atoms with E-state index in [2.05, 4.69) is 85.0 Å². The fraction of sp³-hybridized carbons (Fsp3) is 0.840. The summed E-state index contributed by atoms with van der Waals surface area (Å²) in [7, 11) is -8.76. The van der Waals surface area contributed by atoms with Crippen LogP contribution in [0.4, 0.5) is 0 Å². The highest BCUT2D eigenvalue weighted by molar-refractivity contribution is 7.90. The Morgan fingerprint density at radius 2 is 1.71 bits per heavy atom. The lowest BCUT2D eigenvalue weighted by atomic mass is 9.89. The summed E-state index contributed by atoms with van der Waals surface area (Å²) in [5.41, 5.74) is 5.82. The van der Waals surface area contributed by atoms with Gasteiger partial charge < -0.3 is 19.3 Å².